The molecule has 7 heteroatoms. The van der Waals surface area contributed by atoms with E-state index in [1.807, 2.05) is 46.6 Å². The van der Waals surface area contributed by atoms with Gasteiger partial charge < -0.3 is 14.0 Å². The smallest absolute Gasteiger partial charge is 0.199 e. The topological polar surface area (TPSA) is 44.5 Å². The minimum Gasteiger partial charge on any atom is -0.497 e. The van der Waals surface area contributed by atoms with Gasteiger partial charge in [-0.25, -0.2) is 4.68 Å². The molecule has 2 aromatic carbocycles. The monoisotopic (exact) mass is 410 g/mol. The Balaban J connectivity index is 1.64. The normalized spacial score (nSPS) is 16.9. The lowest BCUT2D eigenvalue weighted by Crippen LogP contribution is -2.27. The van der Waals surface area contributed by atoms with Crippen LogP contribution in [0.2, 0.25) is 0 Å². The summed E-state index contributed by atoms with van der Waals surface area (Å²) in [6, 6.07) is 16.4. The second kappa shape index (κ2) is 8.39. The lowest BCUT2D eigenvalue weighted by Gasteiger charge is -2.26. The highest BCUT2D eigenvalue weighted by molar-refractivity contribution is 7.71. The van der Waals surface area contributed by atoms with Crippen LogP contribution in [0.5, 0.6) is 11.5 Å². The van der Waals surface area contributed by atoms with Crippen molar-refractivity contribution in [3.8, 4) is 22.9 Å². The second-order valence-corrected chi connectivity index (χ2v) is 7.62. The third-order valence-electron chi connectivity index (χ3n) is 5.55. The fourth-order valence-electron chi connectivity index (χ4n) is 4.04. The fraction of sp³-hybridized carbons (Fsp3) is 0.364. The van der Waals surface area contributed by atoms with Crippen molar-refractivity contribution in [1.82, 2.24) is 19.2 Å². The third kappa shape index (κ3) is 3.80. The molecule has 1 saturated heterocycles. The van der Waals surface area contributed by atoms with Crippen LogP contribution in [0.3, 0.4) is 0 Å². The molecule has 0 amide bonds. The maximum absolute atomic E-state index is 5.68. The van der Waals surface area contributed by atoms with Crippen molar-refractivity contribution in [2.24, 2.45) is 7.05 Å². The Morgan fingerprint density at radius 3 is 2.62 bits per heavy atom. The molecule has 29 heavy (non-hydrogen) atoms. The number of hydrogen-bond acceptors (Lipinski definition) is 5. The maximum Gasteiger partial charge on any atom is 0.199 e. The minimum absolute atomic E-state index is 0.240. The van der Waals surface area contributed by atoms with E-state index in [4.69, 9.17) is 26.8 Å². The van der Waals surface area contributed by atoms with Gasteiger partial charge in [0.2, 0.25) is 0 Å². The van der Waals surface area contributed by atoms with Crippen LogP contribution in [0.1, 0.15) is 24.4 Å². The zero-order valence-electron chi connectivity index (χ0n) is 17.0. The summed E-state index contributed by atoms with van der Waals surface area (Å²) in [4.78, 5) is 2.41. The summed E-state index contributed by atoms with van der Waals surface area (Å²) in [5.74, 6) is 2.61. The fourth-order valence-corrected chi connectivity index (χ4v) is 4.22. The molecule has 0 spiro atoms. The largest absolute Gasteiger partial charge is 0.497 e. The summed E-state index contributed by atoms with van der Waals surface area (Å²) in [6.45, 7) is 1.63. The molecule has 1 atom stereocenters. The first-order valence-electron chi connectivity index (χ1n) is 9.77. The van der Waals surface area contributed by atoms with E-state index >= 15 is 0 Å². The van der Waals surface area contributed by atoms with E-state index < -0.39 is 0 Å². The van der Waals surface area contributed by atoms with E-state index in [2.05, 4.69) is 23.1 Å². The molecule has 1 aliphatic heterocycles. The van der Waals surface area contributed by atoms with Gasteiger partial charge in [-0.3, -0.25) is 4.90 Å². The van der Waals surface area contributed by atoms with Gasteiger partial charge >= 0.3 is 0 Å². The predicted molar refractivity (Wildman–Crippen MR) is 116 cm³/mol. The first kappa shape index (κ1) is 19.7. The Morgan fingerprint density at radius 2 is 1.90 bits per heavy atom. The van der Waals surface area contributed by atoms with Gasteiger partial charge in [-0.2, -0.15) is 5.10 Å². The summed E-state index contributed by atoms with van der Waals surface area (Å²) < 4.78 is 15.7. The lowest BCUT2D eigenvalue weighted by atomic mass is 10.0. The van der Waals surface area contributed by atoms with Crippen molar-refractivity contribution < 1.29 is 9.47 Å². The van der Waals surface area contributed by atoms with Gasteiger partial charge in [0.15, 0.2) is 10.6 Å². The van der Waals surface area contributed by atoms with Gasteiger partial charge in [-0.05, 0) is 43.3 Å². The number of benzene rings is 2. The number of methoxy groups -OCH3 is 2. The van der Waals surface area contributed by atoms with E-state index in [0.717, 1.165) is 47.8 Å². The number of hydrogen-bond donors (Lipinski definition) is 0. The van der Waals surface area contributed by atoms with Crippen LogP contribution >= 0.6 is 12.2 Å². The Morgan fingerprint density at radius 1 is 1.10 bits per heavy atom. The first-order valence-corrected chi connectivity index (χ1v) is 10.2. The molecule has 0 N–H and O–H groups in total. The van der Waals surface area contributed by atoms with E-state index in [1.54, 1.807) is 14.2 Å². The molecule has 1 aromatic heterocycles. The maximum atomic E-state index is 5.68. The quantitative estimate of drug-likeness (QED) is 0.563. The van der Waals surface area contributed by atoms with Gasteiger partial charge in [0.25, 0.3) is 0 Å². The molecule has 0 saturated carbocycles. The standard InChI is InChI=1S/C22H26N4O2S/c1-24-21(16-8-5-4-6-9-16)23-26(22(24)29)15-25-13-7-10-19(25)18-14-17(27-2)11-12-20(18)28-3/h4-6,8-9,11-12,14,19H,7,10,13,15H2,1-3H3. The second-order valence-electron chi connectivity index (χ2n) is 7.25. The predicted octanol–water partition coefficient (Wildman–Crippen LogP) is 4.43. The first-order chi connectivity index (χ1) is 14.1. The van der Waals surface area contributed by atoms with Crippen molar-refractivity contribution in [1.29, 1.82) is 0 Å². The Hall–Kier alpha value is -2.64. The highest BCUT2D eigenvalue weighted by Crippen LogP contribution is 2.39. The number of rotatable bonds is 6. The Labute approximate surface area is 176 Å². The molecule has 0 aliphatic carbocycles. The molecule has 152 valence electrons. The highest BCUT2D eigenvalue weighted by atomic mass is 32.1. The molecule has 4 rings (SSSR count). The Kier molecular flexibility index (Phi) is 5.69. The van der Waals surface area contributed by atoms with Gasteiger partial charge in [0, 0.05) is 30.8 Å². The van der Waals surface area contributed by atoms with Gasteiger partial charge in [0.05, 0.1) is 20.9 Å². The van der Waals surface area contributed by atoms with Crippen LogP contribution < -0.4 is 9.47 Å². The van der Waals surface area contributed by atoms with Gasteiger partial charge in [-0.1, -0.05) is 30.3 Å². The molecule has 6 nitrogen and oxygen atoms in total. The molecule has 3 aromatic rings. The summed E-state index contributed by atoms with van der Waals surface area (Å²) in [5, 5.41) is 4.83. The molecular formula is C22H26N4O2S. The molecule has 0 radical (unpaired) electrons. The van der Waals surface area contributed by atoms with E-state index in [9.17, 15) is 0 Å². The highest BCUT2D eigenvalue weighted by Gasteiger charge is 2.29. The molecule has 2 heterocycles. The number of nitrogens with zero attached hydrogens (tertiary/aromatic N) is 4. The summed E-state index contributed by atoms with van der Waals surface area (Å²) in [6.07, 6.45) is 2.19. The lowest BCUT2D eigenvalue weighted by molar-refractivity contribution is 0.186. The summed E-state index contributed by atoms with van der Waals surface area (Å²) in [7, 11) is 5.38. The number of likely N-dealkylation sites (tertiary alicyclic amines) is 1. The minimum atomic E-state index is 0.240. The average molecular weight is 411 g/mol. The van der Waals surface area contributed by atoms with Crippen molar-refractivity contribution in [2.45, 2.75) is 25.6 Å². The van der Waals surface area contributed by atoms with Gasteiger partial charge in [-0.15, -0.1) is 0 Å². The third-order valence-corrected chi connectivity index (χ3v) is 6.03. The average Bonchev–Trinajstić information content (AvgIpc) is 3.34. The summed E-state index contributed by atoms with van der Waals surface area (Å²) >= 11 is 5.68. The summed E-state index contributed by atoms with van der Waals surface area (Å²) in [5.41, 5.74) is 2.21. The van der Waals surface area contributed by atoms with Gasteiger partial charge in [0.1, 0.15) is 11.5 Å². The zero-order valence-corrected chi connectivity index (χ0v) is 17.9. The van der Waals surface area contributed by atoms with Crippen molar-refractivity contribution >= 4 is 12.2 Å². The molecular weight excluding hydrogens is 384 g/mol. The number of ether oxygens (including phenoxy) is 2. The van der Waals surface area contributed by atoms with Crippen molar-refractivity contribution in [3.05, 3.63) is 58.9 Å². The van der Waals surface area contributed by atoms with Crippen LogP contribution in [0.4, 0.5) is 0 Å². The van der Waals surface area contributed by atoms with Crippen LogP contribution in [0.25, 0.3) is 11.4 Å². The number of aromatic nitrogens is 3. The van der Waals surface area contributed by atoms with E-state index in [1.165, 1.54) is 0 Å². The molecule has 1 aliphatic rings. The van der Waals surface area contributed by atoms with Crippen LogP contribution in [-0.4, -0.2) is 40.0 Å². The molecule has 0 bridgehead atoms. The van der Waals surface area contributed by atoms with Crippen LogP contribution in [0.15, 0.2) is 48.5 Å². The zero-order chi connectivity index (χ0) is 20.4. The SMILES string of the molecule is COc1ccc(OC)c(C2CCCN2Cn2nc(-c3ccccc3)n(C)c2=S)c1. The molecule has 1 fully saturated rings. The van der Waals surface area contributed by atoms with E-state index in [-0.39, 0.29) is 6.04 Å². The Bertz CT molecular complexity index is 1040. The van der Waals surface area contributed by atoms with Crippen LogP contribution in [-0.2, 0) is 13.7 Å². The van der Waals surface area contributed by atoms with E-state index in [0.29, 0.717) is 11.4 Å². The van der Waals surface area contributed by atoms with Crippen LogP contribution in [0, 0.1) is 4.77 Å². The van der Waals surface area contributed by atoms with Crippen molar-refractivity contribution in [2.75, 3.05) is 20.8 Å². The van der Waals surface area contributed by atoms with Crippen molar-refractivity contribution in [3.63, 3.8) is 0 Å². The molecule has 1 unspecified atom stereocenters.